The first kappa shape index (κ1) is 20.2. The fraction of sp³-hybridized carbons (Fsp3) is 0.238. The minimum atomic E-state index is -0.340. The molecule has 3 aromatic rings. The molecule has 0 aliphatic heterocycles. The van der Waals surface area contributed by atoms with Crippen LogP contribution in [0, 0.1) is 13.8 Å². The Morgan fingerprint density at radius 2 is 1.86 bits per heavy atom. The first-order chi connectivity index (χ1) is 13.3. The summed E-state index contributed by atoms with van der Waals surface area (Å²) in [6.45, 7) is 4.08. The largest absolute Gasteiger partial charge is 0.494 e. The van der Waals surface area contributed by atoms with Gasteiger partial charge < -0.3 is 10.1 Å². The van der Waals surface area contributed by atoms with Crippen LogP contribution < -0.4 is 10.1 Å². The lowest BCUT2D eigenvalue weighted by Crippen LogP contribution is -2.13. The number of halogens is 2. The van der Waals surface area contributed by atoms with Crippen LogP contribution in [0.5, 0.6) is 5.75 Å². The molecule has 0 aliphatic rings. The monoisotopic (exact) mass is 417 g/mol. The topological polar surface area (TPSA) is 56.1 Å². The quantitative estimate of drug-likeness (QED) is 0.620. The number of aryl methyl sites for hydroxylation is 2. The molecule has 1 N–H and O–H groups in total. The van der Waals surface area contributed by atoms with Crippen LogP contribution in [0.2, 0.25) is 10.0 Å². The van der Waals surface area contributed by atoms with Gasteiger partial charge in [0, 0.05) is 35.4 Å². The third kappa shape index (κ3) is 4.16. The normalized spacial score (nSPS) is 10.8. The van der Waals surface area contributed by atoms with Crippen LogP contribution in [0.4, 0.5) is 5.69 Å². The van der Waals surface area contributed by atoms with Gasteiger partial charge in [0.15, 0.2) is 0 Å². The molecule has 3 rings (SSSR count). The van der Waals surface area contributed by atoms with Crippen molar-refractivity contribution in [2.75, 3.05) is 12.4 Å². The van der Waals surface area contributed by atoms with Gasteiger partial charge in [0.05, 0.1) is 23.4 Å². The maximum absolute atomic E-state index is 12.6. The second-order valence-corrected chi connectivity index (χ2v) is 7.41. The van der Waals surface area contributed by atoms with E-state index in [9.17, 15) is 4.79 Å². The van der Waals surface area contributed by atoms with Gasteiger partial charge in [-0.1, -0.05) is 35.3 Å². The molecule has 0 bridgehead atoms. The molecule has 1 heterocycles. The average Bonchev–Trinajstić information content (AvgIpc) is 2.88. The van der Waals surface area contributed by atoms with Gasteiger partial charge in [-0.2, -0.15) is 5.10 Å². The SMILES string of the molecule is COc1c(Cl)cc(Cl)cc1C(=O)Nc1ccc(Cc2c(C)nn(C)c2C)cc1. The molecule has 7 heteroatoms. The molecule has 1 aromatic heterocycles. The Morgan fingerprint density at radius 3 is 2.43 bits per heavy atom. The summed E-state index contributed by atoms with van der Waals surface area (Å²) in [6, 6.07) is 10.8. The average molecular weight is 418 g/mol. The Morgan fingerprint density at radius 1 is 1.18 bits per heavy atom. The molecule has 5 nitrogen and oxygen atoms in total. The maximum Gasteiger partial charge on any atom is 0.259 e. The highest BCUT2D eigenvalue weighted by Crippen LogP contribution is 2.32. The van der Waals surface area contributed by atoms with Gasteiger partial charge in [0.25, 0.3) is 5.91 Å². The molecular formula is C21H21Cl2N3O2. The maximum atomic E-state index is 12.6. The van der Waals surface area contributed by atoms with Crippen LogP contribution in [0.1, 0.15) is 32.9 Å². The summed E-state index contributed by atoms with van der Waals surface area (Å²) in [5.41, 5.74) is 5.50. The van der Waals surface area contributed by atoms with E-state index in [2.05, 4.69) is 17.3 Å². The summed E-state index contributed by atoms with van der Waals surface area (Å²) < 4.78 is 7.13. The number of nitrogens with one attached hydrogen (secondary N) is 1. The van der Waals surface area contributed by atoms with Gasteiger partial charge in [0.2, 0.25) is 0 Å². The van der Waals surface area contributed by atoms with Crippen LogP contribution in [0.3, 0.4) is 0 Å². The zero-order valence-corrected chi connectivity index (χ0v) is 17.6. The van der Waals surface area contributed by atoms with Crippen molar-refractivity contribution in [3.05, 3.63) is 74.5 Å². The van der Waals surface area contributed by atoms with Crippen LogP contribution in [0.15, 0.2) is 36.4 Å². The Hall–Kier alpha value is -2.50. The molecule has 1 amide bonds. The molecule has 0 spiro atoms. The van der Waals surface area contributed by atoms with Gasteiger partial charge in [-0.15, -0.1) is 0 Å². The van der Waals surface area contributed by atoms with Crippen molar-refractivity contribution in [2.45, 2.75) is 20.3 Å². The van der Waals surface area contributed by atoms with E-state index in [0.29, 0.717) is 16.5 Å². The van der Waals surface area contributed by atoms with Gasteiger partial charge in [-0.25, -0.2) is 0 Å². The lowest BCUT2D eigenvalue weighted by atomic mass is 10.0. The fourth-order valence-corrected chi connectivity index (χ4v) is 3.69. The van der Waals surface area contributed by atoms with Gasteiger partial charge in [-0.05, 0) is 43.7 Å². The van der Waals surface area contributed by atoms with E-state index in [1.165, 1.54) is 24.8 Å². The zero-order valence-electron chi connectivity index (χ0n) is 16.1. The molecule has 0 aliphatic carbocycles. The smallest absolute Gasteiger partial charge is 0.259 e. The Bertz CT molecular complexity index is 1030. The predicted molar refractivity (Wildman–Crippen MR) is 113 cm³/mol. The Kier molecular flexibility index (Phi) is 5.96. The molecule has 0 fully saturated rings. The number of rotatable bonds is 5. The van der Waals surface area contributed by atoms with E-state index in [0.717, 1.165) is 23.4 Å². The molecule has 0 unspecified atom stereocenters. The number of nitrogens with zero attached hydrogens (tertiary/aromatic N) is 2. The first-order valence-corrected chi connectivity index (χ1v) is 9.48. The highest BCUT2D eigenvalue weighted by Gasteiger charge is 2.17. The second kappa shape index (κ2) is 8.25. The number of hydrogen-bond donors (Lipinski definition) is 1. The lowest BCUT2D eigenvalue weighted by Gasteiger charge is -2.12. The summed E-state index contributed by atoms with van der Waals surface area (Å²) in [5, 5.41) is 7.97. The van der Waals surface area contributed by atoms with Gasteiger partial charge in [-0.3, -0.25) is 9.48 Å². The third-order valence-corrected chi connectivity index (χ3v) is 5.21. The number of aromatic nitrogens is 2. The van der Waals surface area contributed by atoms with E-state index >= 15 is 0 Å². The van der Waals surface area contributed by atoms with Crippen molar-refractivity contribution in [1.29, 1.82) is 0 Å². The molecule has 0 saturated carbocycles. The number of anilines is 1. The first-order valence-electron chi connectivity index (χ1n) is 8.72. The van der Waals surface area contributed by atoms with E-state index in [4.69, 9.17) is 27.9 Å². The number of carbonyl (C=O) groups is 1. The van der Waals surface area contributed by atoms with E-state index in [1.54, 1.807) is 0 Å². The highest BCUT2D eigenvalue weighted by atomic mass is 35.5. The molecular weight excluding hydrogens is 397 g/mol. The third-order valence-electron chi connectivity index (χ3n) is 4.71. The highest BCUT2D eigenvalue weighted by molar-refractivity contribution is 6.36. The van der Waals surface area contributed by atoms with Gasteiger partial charge in [0.1, 0.15) is 5.75 Å². The van der Waals surface area contributed by atoms with Crippen molar-refractivity contribution in [1.82, 2.24) is 9.78 Å². The number of carbonyl (C=O) groups excluding carboxylic acids is 1. The lowest BCUT2D eigenvalue weighted by molar-refractivity contribution is 0.102. The van der Waals surface area contributed by atoms with E-state index in [-0.39, 0.29) is 16.5 Å². The molecule has 28 heavy (non-hydrogen) atoms. The Labute approximate surface area is 174 Å². The zero-order chi connectivity index (χ0) is 20.4. The van der Waals surface area contributed by atoms with Crippen molar-refractivity contribution < 1.29 is 9.53 Å². The number of hydrogen-bond acceptors (Lipinski definition) is 3. The van der Waals surface area contributed by atoms with Crippen LogP contribution in [-0.4, -0.2) is 22.8 Å². The molecule has 0 radical (unpaired) electrons. The molecule has 2 aromatic carbocycles. The molecule has 0 atom stereocenters. The minimum absolute atomic E-state index is 0.283. The summed E-state index contributed by atoms with van der Waals surface area (Å²) in [5.74, 6) is -0.0457. The van der Waals surface area contributed by atoms with Crippen LogP contribution in [-0.2, 0) is 13.5 Å². The van der Waals surface area contributed by atoms with Crippen LogP contribution >= 0.6 is 23.2 Å². The summed E-state index contributed by atoms with van der Waals surface area (Å²) in [4.78, 5) is 12.6. The van der Waals surface area contributed by atoms with E-state index < -0.39 is 0 Å². The Balaban J connectivity index is 1.77. The van der Waals surface area contributed by atoms with Crippen molar-refractivity contribution in [3.8, 4) is 5.75 Å². The fourth-order valence-electron chi connectivity index (χ4n) is 3.12. The molecule has 0 saturated heterocycles. The van der Waals surface area contributed by atoms with Gasteiger partial charge >= 0.3 is 0 Å². The number of ether oxygens (including phenoxy) is 1. The predicted octanol–water partition coefficient (Wildman–Crippen LogP) is 5.20. The minimum Gasteiger partial charge on any atom is -0.494 e. The second-order valence-electron chi connectivity index (χ2n) is 6.57. The standard InChI is InChI=1S/C21H21Cl2N3O2/c1-12-17(13(2)26(3)25-12)9-14-5-7-16(8-6-14)24-21(27)18-10-15(22)11-19(23)20(18)28-4/h5-8,10-11H,9H2,1-4H3,(H,24,27). The summed E-state index contributed by atoms with van der Waals surface area (Å²) in [7, 11) is 3.41. The summed E-state index contributed by atoms with van der Waals surface area (Å²) >= 11 is 12.1. The number of benzene rings is 2. The van der Waals surface area contributed by atoms with Crippen molar-refractivity contribution in [2.24, 2.45) is 7.05 Å². The molecule has 146 valence electrons. The van der Waals surface area contributed by atoms with E-state index in [1.807, 2.05) is 42.9 Å². The number of methoxy groups -OCH3 is 1. The van der Waals surface area contributed by atoms with Crippen molar-refractivity contribution in [3.63, 3.8) is 0 Å². The van der Waals surface area contributed by atoms with Crippen LogP contribution in [0.25, 0.3) is 0 Å². The van der Waals surface area contributed by atoms with Crippen molar-refractivity contribution >= 4 is 34.8 Å². The number of amides is 1. The summed E-state index contributed by atoms with van der Waals surface area (Å²) in [6.07, 6.45) is 0.789.